The molecule has 0 saturated heterocycles. The summed E-state index contributed by atoms with van der Waals surface area (Å²) in [5.41, 5.74) is 0.0307. The first kappa shape index (κ1) is 15.1. The van der Waals surface area contributed by atoms with Gasteiger partial charge in [-0.05, 0) is 18.6 Å². The molecule has 1 heterocycles. The molecule has 1 N–H and O–H groups in total. The van der Waals surface area contributed by atoms with Crippen molar-refractivity contribution in [3.05, 3.63) is 51.3 Å². The van der Waals surface area contributed by atoms with Crippen LogP contribution in [0.5, 0.6) is 0 Å². The molecule has 0 aliphatic carbocycles. The summed E-state index contributed by atoms with van der Waals surface area (Å²) in [7, 11) is -4.05. The van der Waals surface area contributed by atoms with E-state index in [4.69, 9.17) is 11.6 Å². The van der Waals surface area contributed by atoms with Crippen molar-refractivity contribution in [3.63, 3.8) is 0 Å². The van der Waals surface area contributed by atoms with Crippen LogP contribution in [0.4, 0.5) is 11.6 Å². The Kier molecular flexibility index (Phi) is 4.05. The number of non-ortho nitro benzene ring substituents is 1. The molecule has 0 spiro atoms. The molecule has 0 bridgehead atoms. The highest BCUT2D eigenvalue weighted by Gasteiger charge is 2.21. The van der Waals surface area contributed by atoms with E-state index in [1.165, 1.54) is 31.3 Å². The lowest BCUT2D eigenvalue weighted by atomic mass is 10.2. The van der Waals surface area contributed by atoms with Crippen molar-refractivity contribution in [2.24, 2.45) is 0 Å². The number of nitro groups is 1. The zero-order valence-electron chi connectivity index (χ0n) is 10.6. The third-order valence-corrected chi connectivity index (χ3v) is 4.20. The minimum Gasteiger partial charge on any atom is -0.258 e. The van der Waals surface area contributed by atoms with Crippen LogP contribution in [0.25, 0.3) is 0 Å². The summed E-state index contributed by atoms with van der Waals surface area (Å²) < 4.78 is 26.6. The first-order valence-corrected chi connectivity index (χ1v) is 7.42. The number of anilines is 1. The molecule has 1 aromatic carbocycles. The van der Waals surface area contributed by atoms with E-state index in [-0.39, 0.29) is 21.7 Å². The average Bonchev–Trinajstić information content (AvgIpc) is 2.38. The van der Waals surface area contributed by atoms with Crippen molar-refractivity contribution in [2.45, 2.75) is 11.8 Å². The maximum absolute atomic E-state index is 12.3. The summed E-state index contributed by atoms with van der Waals surface area (Å²) in [6, 6.07) is 4.94. The number of sulfonamides is 1. The van der Waals surface area contributed by atoms with Crippen molar-refractivity contribution < 1.29 is 13.3 Å². The van der Waals surface area contributed by atoms with E-state index < -0.39 is 14.9 Å². The predicted molar refractivity (Wildman–Crippen MR) is 75.7 cm³/mol. The Bertz CT molecular complexity index is 810. The SMILES string of the molecule is Cc1ccc([N+](=O)[O-])cc1S(=O)(=O)Nc1nccc(Cl)n1. The van der Waals surface area contributed by atoms with Gasteiger partial charge in [0.05, 0.1) is 9.82 Å². The van der Waals surface area contributed by atoms with Crippen molar-refractivity contribution >= 4 is 33.3 Å². The maximum Gasteiger partial charge on any atom is 0.270 e. The Morgan fingerprint density at radius 3 is 2.67 bits per heavy atom. The van der Waals surface area contributed by atoms with E-state index in [2.05, 4.69) is 14.7 Å². The Hall–Kier alpha value is -2.26. The molecular formula is C11H9ClN4O4S. The van der Waals surface area contributed by atoms with E-state index in [0.717, 1.165) is 6.07 Å². The van der Waals surface area contributed by atoms with E-state index in [1.54, 1.807) is 0 Å². The number of rotatable bonds is 4. The Morgan fingerprint density at radius 2 is 2.05 bits per heavy atom. The molecule has 0 aliphatic heterocycles. The number of aryl methyl sites for hydroxylation is 1. The molecule has 21 heavy (non-hydrogen) atoms. The molecule has 1 aromatic heterocycles. The largest absolute Gasteiger partial charge is 0.270 e. The normalized spacial score (nSPS) is 11.1. The highest BCUT2D eigenvalue weighted by atomic mass is 35.5. The van der Waals surface area contributed by atoms with Gasteiger partial charge in [-0.3, -0.25) is 10.1 Å². The molecule has 0 atom stereocenters. The second kappa shape index (κ2) is 5.62. The van der Waals surface area contributed by atoms with Gasteiger partial charge in [-0.25, -0.2) is 23.1 Å². The number of benzene rings is 1. The number of nitrogens with zero attached hydrogens (tertiary/aromatic N) is 3. The summed E-state index contributed by atoms with van der Waals surface area (Å²) >= 11 is 5.64. The van der Waals surface area contributed by atoms with Gasteiger partial charge >= 0.3 is 0 Å². The van der Waals surface area contributed by atoms with Gasteiger partial charge in [0.1, 0.15) is 5.15 Å². The van der Waals surface area contributed by atoms with Crippen molar-refractivity contribution in [3.8, 4) is 0 Å². The first-order valence-electron chi connectivity index (χ1n) is 5.56. The van der Waals surface area contributed by atoms with Gasteiger partial charge in [0.2, 0.25) is 5.95 Å². The fourth-order valence-corrected chi connectivity index (χ4v) is 2.91. The fraction of sp³-hybridized carbons (Fsp3) is 0.0909. The molecule has 10 heteroatoms. The lowest BCUT2D eigenvalue weighted by Gasteiger charge is -2.08. The van der Waals surface area contributed by atoms with E-state index in [0.29, 0.717) is 5.56 Å². The van der Waals surface area contributed by atoms with Crippen LogP contribution in [-0.4, -0.2) is 23.3 Å². The van der Waals surface area contributed by atoms with Crippen LogP contribution in [0.3, 0.4) is 0 Å². The molecule has 8 nitrogen and oxygen atoms in total. The van der Waals surface area contributed by atoms with Crippen molar-refractivity contribution in [1.82, 2.24) is 9.97 Å². The molecule has 0 unspecified atom stereocenters. The van der Waals surface area contributed by atoms with Crippen LogP contribution in [0.15, 0.2) is 35.4 Å². The molecule has 0 aliphatic rings. The molecule has 0 radical (unpaired) electrons. The minimum absolute atomic E-state index is 0.0680. The summed E-state index contributed by atoms with van der Waals surface area (Å²) in [6.07, 6.45) is 1.29. The second-order valence-electron chi connectivity index (χ2n) is 4.02. The smallest absolute Gasteiger partial charge is 0.258 e. The van der Waals surface area contributed by atoms with Gasteiger partial charge in [-0.2, -0.15) is 0 Å². The Balaban J connectivity index is 2.44. The Labute approximate surface area is 125 Å². The lowest BCUT2D eigenvalue weighted by molar-refractivity contribution is -0.385. The van der Waals surface area contributed by atoms with E-state index >= 15 is 0 Å². The molecule has 2 rings (SSSR count). The maximum atomic E-state index is 12.3. The highest BCUT2D eigenvalue weighted by Crippen LogP contribution is 2.23. The Morgan fingerprint density at radius 1 is 1.33 bits per heavy atom. The zero-order chi connectivity index (χ0) is 15.6. The van der Waals surface area contributed by atoms with Gasteiger partial charge in [0.15, 0.2) is 0 Å². The summed E-state index contributed by atoms with van der Waals surface area (Å²) in [5, 5.41) is 10.8. The molecular weight excluding hydrogens is 320 g/mol. The average molecular weight is 329 g/mol. The van der Waals surface area contributed by atoms with Crippen LogP contribution in [0, 0.1) is 17.0 Å². The van der Waals surface area contributed by atoms with Crippen molar-refractivity contribution in [1.29, 1.82) is 0 Å². The monoisotopic (exact) mass is 328 g/mol. The number of halogens is 1. The van der Waals surface area contributed by atoms with Crippen LogP contribution >= 0.6 is 11.6 Å². The zero-order valence-corrected chi connectivity index (χ0v) is 12.2. The molecule has 110 valence electrons. The fourth-order valence-electron chi connectivity index (χ4n) is 1.55. The summed E-state index contributed by atoms with van der Waals surface area (Å²) in [5.74, 6) is -0.214. The number of nitrogens with one attached hydrogen (secondary N) is 1. The van der Waals surface area contributed by atoms with Crippen molar-refractivity contribution in [2.75, 3.05) is 4.72 Å². The topological polar surface area (TPSA) is 115 Å². The molecule has 0 amide bonds. The predicted octanol–water partition coefficient (Wildman–Crippen LogP) is 2.15. The first-order chi connectivity index (χ1) is 9.79. The van der Waals surface area contributed by atoms with E-state index in [9.17, 15) is 18.5 Å². The number of nitro benzene ring substituents is 1. The third-order valence-electron chi connectivity index (χ3n) is 2.52. The second-order valence-corrected chi connectivity index (χ2v) is 6.05. The quantitative estimate of drug-likeness (QED) is 0.522. The molecule has 0 saturated carbocycles. The minimum atomic E-state index is -4.05. The van der Waals surface area contributed by atoms with Gasteiger partial charge in [-0.1, -0.05) is 17.7 Å². The summed E-state index contributed by atoms with van der Waals surface area (Å²) in [4.78, 5) is 17.3. The van der Waals surface area contributed by atoms with Gasteiger partial charge in [-0.15, -0.1) is 0 Å². The van der Waals surface area contributed by atoms with Crippen LogP contribution < -0.4 is 4.72 Å². The van der Waals surface area contributed by atoms with Gasteiger partial charge < -0.3 is 0 Å². The van der Waals surface area contributed by atoms with Crippen LogP contribution in [0.2, 0.25) is 5.15 Å². The third kappa shape index (κ3) is 3.44. The lowest BCUT2D eigenvalue weighted by Crippen LogP contribution is -2.16. The van der Waals surface area contributed by atoms with Gasteiger partial charge in [0, 0.05) is 18.3 Å². The van der Waals surface area contributed by atoms with E-state index in [1.807, 2.05) is 0 Å². The standard InChI is InChI=1S/C11H9ClN4O4S/c1-7-2-3-8(16(17)18)6-9(7)21(19,20)15-11-13-5-4-10(12)14-11/h2-6H,1H3,(H,13,14,15). The molecule has 0 fully saturated rings. The van der Waals surface area contributed by atoms with Crippen LogP contribution in [0.1, 0.15) is 5.56 Å². The van der Waals surface area contributed by atoms with Crippen LogP contribution in [-0.2, 0) is 10.0 Å². The van der Waals surface area contributed by atoms with Gasteiger partial charge in [0.25, 0.3) is 15.7 Å². The number of hydrogen-bond acceptors (Lipinski definition) is 6. The number of aromatic nitrogens is 2. The summed E-state index contributed by atoms with van der Waals surface area (Å²) in [6.45, 7) is 1.52. The highest BCUT2D eigenvalue weighted by molar-refractivity contribution is 7.92. The molecule has 2 aromatic rings. The number of hydrogen-bond donors (Lipinski definition) is 1.